The molecule has 1 fully saturated rings. The molecule has 144 valence electrons. The average molecular weight is 370 g/mol. The molecule has 2 aromatic rings. The third-order valence-electron chi connectivity index (χ3n) is 4.92. The summed E-state index contributed by atoms with van der Waals surface area (Å²) in [6, 6.07) is 13.3. The molecule has 27 heavy (non-hydrogen) atoms. The third kappa shape index (κ3) is 4.01. The Morgan fingerprint density at radius 3 is 2.30 bits per heavy atom. The number of nitrogens with zero attached hydrogens (tertiary/aromatic N) is 1. The van der Waals surface area contributed by atoms with Gasteiger partial charge in [0, 0.05) is 30.8 Å². The van der Waals surface area contributed by atoms with E-state index in [2.05, 4.69) is 5.32 Å². The summed E-state index contributed by atoms with van der Waals surface area (Å²) in [5.41, 5.74) is 1.78. The van der Waals surface area contributed by atoms with Gasteiger partial charge in [-0.2, -0.15) is 0 Å². The Bertz CT molecular complexity index is 771. The SMILES string of the molecule is COc1ccccc1C1CNCCN1C(=O)Cc1c(OC)cccc1OC. The second kappa shape index (κ2) is 8.77. The molecular weight excluding hydrogens is 344 g/mol. The second-order valence-corrected chi connectivity index (χ2v) is 6.37. The minimum absolute atomic E-state index is 0.0372. The number of para-hydroxylation sites is 1. The zero-order chi connectivity index (χ0) is 19.2. The molecule has 6 heteroatoms. The summed E-state index contributed by atoms with van der Waals surface area (Å²) in [4.78, 5) is 15.2. The fourth-order valence-corrected chi connectivity index (χ4v) is 3.58. The van der Waals surface area contributed by atoms with Crippen LogP contribution in [0.1, 0.15) is 17.2 Å². The quantitative estimate of drug-likeness (QED) is 0.846. The van der Waals surface area contributed by atoms with Crippen LogP contribution in [0.4, 0.5) is 0 Å². The van der Waals surface area contributed by atoms with Crippen molar-refractivity contribution in [1.82, 2.24) is 10.2 Å². The van der Waals surface area contributed by atoms with E-state index in [1.807, 2.05) is 47.4 Å². The van der Waals surface area contributed by atoms with E-state index in [0.717, 1.165) is 23.4 Å². The summed E-state index contributed by atoms with van der Waals surface area (Å²) in [7, 11) is 4.86. The summed E-state index contributed by atoms with van der Waals surface area (Å²) in [5, 5.41) is 3.38. The normalized spacial score (nSPS) is 16.7. The van der Waals surface area contributed by atoms with E-state index < -0.39 is 0 Å². The first-order valence-corrected chi connectivity index (χ1v) is 9.02. The van der Waals surface area contributed by atoms with Gasteiger partial charge >= 0.3 is 0 Å². The Morgan fingerprint density at radius 2 is 1.63 bits per heavy atom. The van der Waals surface area contributed by atoms with E-state index in [4.69, 9.17) is 14.2 Å². The molecule has 0 aromatic heterocycles. The highest BCUT2D eigenvalue weighted by atomic mass is 16.5. The number of piperazine rings is 1. The third-order valence-corrected chi connectivity index (χ3v) is 4.92. The average Bonchev–Trinajstić information content (AvgIpc) is 2.73. The first-order valence-electron chi connectivity index (χ1n) is 9.02. The Hall–Kier alpha value is -2.73. The van der Waals surface area contributed by atoms with Crippen LogP contribution >= 0.6 is 0 Å². The van der Waals surface area contributed by atoms with Crippen LogP contribution in [0.15, 0.2) is 42.5 Å². The minimum atomic E-state index is -0.0805. The molecule has 1 N–H and O–H groups in total. The van der Waals surface area contributed by atoms with Crippen LogP contribution in [0, 0.1) is 0 Å². The Kier molecular flexibility index (Phi) is 6.19. The molecule has 1 aliphatic heterocycles. The second-order valence-electron chi connectivity index (χ2n) is 6.37. The molecular formula is C21H26N2O4. The van der Waals surface area contributed by atoms with Gasteiger partial charge in [0.05, 0.1) is 33.8 Å². The molecule has 0 radical (unpaired) electrons. The van der Waals surface area contributed by atoms with Gasteiger partial charge in [0.25, 0.3) is 0 Å². The molecule has 1 heterocycles. The maximum atomic E-state index is 13.2. The predicted molar refractivity (Wildman–Crippen MR) is 104 cm³/mol. The number of benzene rings is 2. The highest BCUT2D eigenvalue weighted by Crippen LogP contribution is 2.33. The molecule has 6 nitrogen and oxygen atoms in total. The fraction of sp³-hybridized carbons (Fsp3) is 0.381. The number of nitrogens with one attached hydrogen (secondary N) is 1. The van der Waals surface area contributed by atoms with E-state index >= 15 is 0 Å². The monoisotopic (exact) mass is 370 g/mol. The van der Waals surface area contributed by atoms with Crippen molar-refractivity contribution in [2.45, 2.75) is 12.5 Å². The predicted octanol–water partition coefficient (Wildman–Crippen LogP) is 2.43. The van der Waals surface area contributed by atoms with Crippen molar-refractivity contribution in [3.05, 3.63) is 53.6 Å². The standard InChI is InChI=1S/C21H26N2O4/c1-25-18-8-5-4-7-15(18)17-14-22-11-12-23(17)21(24)13-16-19(26-2)9-6-10-20(16)27-3/h4-10,17,22H,11-14H2,1-3H3. The van der Waals surface area contributed by atoms with Gasteiger partial charge in [-0.1, -0.05) is 24.3 Å². The summed E-state index contributed by atoms with van der Waals surface area (Å²) in [6.45, 7) is 2.09. The minimum Gasteiger partial charge on any atom is -0.496 e. The molecule has 1 unspecified atom stereocenters. The molecule has 0 aliphatic carbocycles. The molecule has 1 saturated heterocycles. The maximum Gasteiger partial charge on any atom is 0.227 e. The maximum absolute atomic E-state index is 13.2. The van der Waals surface area contributed by atoms with Crippen LogP contribution in [-0.4, -0.2) is 51.8 Å². The summed E-state index contributed by atoms with van der Waals surface area (Å²) in [5.74, 6) is 2.15. The van der Waals surface area contributed by atoms with Crippen LogP contribution in [0.25, 0.3) is 0 Å². The number of methoxy groups -OCH3 is 3. The number of hydrogen-bond donors (Lipinski definition) is 1. The van der Waals surface area contributed by atoms with E-state index in [9.17, 15) is 4.79 Å². The molecule has 1 atom stereocenters. The van der Waals surface area contributed by atoms with Crippen LogP contribution in [-0.2, 0) is 11.2 Å². The van der Waals surface area contributed by atoms with Crippen LogP contribution < -0.4 is 19.5 Å². The van der Waals surface area contributed by atoms with Crippen LogP contribution in [0.5, 0.6) is 17.2 Å². The zero-order valence-electron chi connectivity index (χ0n) is 16.0. The topological polar surface area (TPSA) is 60.0 Å². The van der Waals surface area contributed by atoms with Gasteiger partial charge in [-0.3, -0.25) is 4.79 Å². The summed E-state index contributed by atoms with van der Waals surface area (Å²) < 4.78 is 16.4. The molecule has 2 aromatic carbocycles. The molecule has 0 saturated carbocycles. The van der Waals surface area contributed by atoms with Crippen molar-refractivity contribution in [3.63, 3.8) is 0 Å². The number of hydrogen-bond acceptors (Lipinski definition) is 5. The van der Waals surface area contributed by atoms with Crippen LogP contribution in [0.3, 0.4) is 0 Å². The van der Waals surface area contributed by atoms with Crippen molar-refractivity contribution in [3.8, 4) is 17.2 Å². The Balaban J connectivity index is 1.89. The van der Waals surface area contributed by atoms with Crippen molar-refractivity contribution < 1.29 is 19.0 Å². The Labute approximate surface area is 160 Å². The van der Waals surface area contributed by atoms with Crippen LogP contribution in [0.2, 0.25) is 0 Å². The number of carbonyl (C=O) groups excluding carboxylic acids is 1. The van der Waals surface area contributed by atoms with Gasteiger partial charge in [0.15, 0.2) is 0 Å². The fourth-order valence-electron chi connectivity index (χ4n) is 3.58. The summed E-state index contributed by atoms with van der Waals surface area (Å²) in [6.07, 6.45) is 0.221. The smallest absolute Gasteiger partial charge is 0.227 e. The molecule has 0 spiro atoms. The van der Waals surface area contributed by atoms with Gasteiger partial charge in [-0.05, 0) is 18.2 Å². The molecule has 0 bridgehead atoms. The molecule has 1 amide bonds. The van der Waals surface area contributed by atoms with E-state index in [1.54, 1.807) is 21.3 Å². The number of carbonyl (C=O) groups is 1. The van der Waals surface area contributed by atoms with Gasteiger partial charge < -0.3 is 24.4 Å². The summed E-state index contributed by atoms with van der Waals surface area (Å²) >= 11 is 0. The van der Waals surface area contributed by atoms with E-state index in [1.165, 1.54) is 0 Å². The zero-order valence-corrected chi connectivity index (χ0v) is 16.0. The van der Waals surface area contributed by atoms with Crippen molar-refractivity contribution in [2.75, 3.05) is 41.0 Å². The number of ether oxygens (including phenoxy) is 3. The molecule has 3 rings (SSSR count). The van der Waals surface area contributed by atoms with E-state index in [-0.39, 0.29) is 18.4 Å². The van der Waals surface area contributed by atoms with E-state index in [0.29, 0.717) is 24.6 Å². The lowest BCUT2D eigenvalue weighted by atomic mass is 10.0. The highest BCUT2D eigenvalue weighted by Gasteiger charge is 2.30. The lowest BCUT2D eigenvalue weighted by Gasteiger charge is -2.37. The lowest BCUT2D eigenvalue weighted by molar-refractivity contribution is -0.133. The lowest BCUT2D eigenvalue weighted by Crippen LogP contribution is -2.49. The number of rotatable bonds is 6. The largest absolute Gasteiger partial charge is 0.496 e. The number of amides is 1. The highest BCUT2D eigenvalue weighted by molar-refractivity contribution is 5.81. The van der Waals surface area contributed by atoms with Gasteiger partial charge in [-0.25, -0.2) is 0 Å². The van der Waals surface area contributed by atoms with Gasteiger partial charge in [-0.15, -0.1) is 0 Å². The molecule has 1 aliphatic rings. The van der Waals surface area contributed by atoms with Gasteiger partial charge in [0.1, 0.15) is 17.2 Å². The van der Waals surface area contributed by atoms with Crippen molar-refractivity contribution in [1.29, 1.82) is 0 Å². The first kappa shape index (κ1) is 19.0. The van der Waals surface area contributed by atoms with Gasteiger partial charge in [0.2, 0.25) is 5.91 Å². The van der Waals surface area contributed by atoms with Crippen molar-refractivity contribution in [2.24, 2.45) is 0 Å². The Morgan fingerprint density at radius 1 is 1.00 bits per heavy atom. The first-order chi connectivity index (χ1) is 13.2. The van der Waals surface area contributed by atoms with Crippen molar-refractivity contribution >= 4 is 5.91 Å².